The third-order valence-corrected chi connectivity index (χ3v) is 3.24. The topological polar surface area (TPSA) is 68.5 Å². The highest BCUT2D eigenvalue weighted by Crippen LogP contribution is 2.20. The van der Waals surface area contributed by atoms with E-state index in [0.717, 1.165) is 0 Å². The summed E-state index contributed by atoms with van der Waals surface area (Å²) in [5.74, 6) is 0.252. The first-order valence-corrected chi connectivity index (χ1v) is 6.99. The van der Waals surface area contributed by atoms with Crippen molar-refractivity contribution in [2.24, 2.45) is 0 Å². The third kappa shape index (κ3) is 3.28. The second-order valence-electron chi connectivity index (χ2n) is 5.50. The Morgan fingerprint density at radius 2 is 2.00 bits per heavy atom. The van der Waals surface area contributed by atoms with E-state index in [1.807, 2.05) is 0 Å². The average molecular weight is 314 g/mol. The van der Waals surface area contributed by atoms with Gasteiger partial charge in [-0.1, -0.05) is 0 Å². The lowest BCUT2D eigenvalue weighted by molar-refractivity contribution is -0.128. The van der Waals surface area contributed by atoms with Crippen molar-refractivity contribution in [3.05, 3.63) is 54.9 Å². The van der Waals surface area contributed by atoms with Gasteiger partial charge in [-0.25, -0.2) is 14.4 Å². The molecule has 0 atom stereocenters. The van der Waals surface area contributed by atoms with E-state index < -0.39 is 5.60 Å². The van der Waals surface area contributed by atoms with Crippen molar-refractivity contribution in [2.75, 3.05) is 5.32 Å². The SMILES string of the molecule is CC(C)(Oc1ccc(F)cc1)C(=O)Nc1cnc2nccn2c1. The number of anilines is 1. The Morgan fingerprint density at radius 3 is 2.74 bits per heavy atom. The molecule has 0 bridgehead atoms. The average Bonchev–Trinajstić information content (AvgIpc) is 2.97. The monoisotopic (exact) mass is 314 g/mol. The largest absolute Gasteiger partial charge is 0.478 e. The number of fused-ring (bicyclic) bond motifs is 1. The van der Waals surface area contributed by atoms with Gasteiger partial charge in [0.25, 0.3) is 5.91 Å². The molecular weight excluding hydrogens is 299 g/mol. The summed E-state index contributed by atoms with van der Waals surface area (Å²) < 4.78 is 20.3. The van der Waals surface area contributed by atoms with Crippen LogP contribution in [0.4, 0.5) is 10.1 Å². The highest BCUT2D eigenvalue weighted by Gasteiger charge is 2.30. The van der Waals surface area contributed by atoms with Crippen molar-refractivity contribution in [1.29, 1.82) is 0 Å². The van der Waals surface area contributed by atoms with Crippen LogP contribution in [-0.4, -0.2) is 25.9 Å². The smallest absolute Gasteiger partial charge is 0.268 e. The number of rotatable bonds is 4. The number of nitrogens with one attached hydrogen (secondary N) is 1. The number of hydrogen-bond donors (Lipinski definition) is 1. The van der Waals surface area contributed by atoms with Crippen LogP contribution >= 0.6 is 0 Å². The normalized spacial score (nSPS) is 11.4. The summed E-state index contributed by atoms with van der Waals surface area (Å²) >= 11 is 0. The number of hydrogen-bond acceptors (Lipinski definition) is 4. The van der Waals surface area contributed by atoms with Crippen molar-refractivity contribution < 1.29 is 13.9 Å². The second kappa shape index (κ2) is 5.68. The standard InChI is InChI=1S/C16H15FN4O2/c1-16(2,23-13-5-3-11(17)4-6-13)14(22)20-12-9-19-15-18-7-8-21(15)10-12/h3-10H,1-2H3,(H,20,22). The van der Waals surface area contributed by atoms with E-state index in [0.29, 0.717) is 17.2 Å². The van der Waals surface area contributed by atoms with Gasteiger partial charge in [0, 0.05) is 18.6 Å². The van der Waals surface area contributed by atoms with E-state index in [4.69, 9.17) is 4.74 Å². The van der Waals surface area contributed by atoms with Crippen LogP contribution in [0.2, 0.25) is 0 Å². The maximum Gasteiger partial charge on any atom is 0.268 e. The summed E-state index contributed by atoms with van der Waals surface area (Å²) in [5.41, 5.74) is -0.613. The van der Waals surface area contributed by atoms with E-state index >= 15 is 0 Å². The molecule has 1 amide bonds. The zero-order chi connectivity index (χ0) is 16.4. The maximum atomic E-state index is 12.9. The lowest BCUT2D eigenvalue weighted by atomic mass is 10.1. The molecular formula is C16H15FN4O2. The summed E-state index contributed by atoms with van der Waals surface area (Å²) in [5, 5.41) is 2.75. The van der Waals surface area contributed by atoms with Gasteiger partial charge in [-0.3, -0.25) is 9.20 Å². The molecule has 0 aliphatic rings. The summed E-state index contributed by atoms with van der Waals surface area (Å²) in [6.07, 6.45) is 6.59. The molecule has 0 aliphatic heterocycles. The molecule has 3 aromatic rings. The lowest BCUT2D eigenvalue weighted by Crippen LogP contribution is -2.42. The quantitative estimate of drug-likeness (QED) is 0.804. The van der Waals surface area contributed by atoms with Crippen LogP contribution in [-0.2, 0) is 4.79 Å². The van der Waals surface area contributed by atoms with Crippen molar-refractivity contribution in [2.45, 2.75) is 19.4 Å². The van der Waals surface area contributed by atoms with Crippen LogP contribution < -0.4 is 10.1 Å². The highest BCUT2D eigenvalue weighted by atomic mass is 19.1. The minimum atomic E-state index is -1.14. The first-order valence-electron chi connectivity index (χ1n) is 6.99. The fraction of sp³-hybridized carbons (Fsp3) is 0.188. The molecule has 3 rings (SSSR count). The van der Waals surface area contributed by atoms with Crippen molar-refractivity contribution in [1.82, 2.24) is 14.4 Å². The maximum absolute atomic E-state index is 12.9. The zero-order valence-electron chi connectivity index (χ0n) is 12.7. The Labute approximate surface area is 131 Å². The molecule has 0 saturated heterocycles. The second-order valence-corrected chi connectivity index (χ2v) is 5.50. The van der Waals surface area contributed by atoms with Crippen LogP contribution in [0, 0.1) is 5.82 Å². The van der Waals surface area contributed by atoms with E-state index in [1.165, 1.54) is 30.5 Å². The molecule has 2 aromatic heterocycles. The third-order valence-electron chi connectivity index (χ3n) is 3.24. The Kier molecular flexibility index (Phi) is 3.69. The van der Waals surface area contributed by atoms with Crippen molar-refractivity contribution in [3.8, 4) is 5.75 Å². The fourth-order valence-corrected chi connectivity index (χ4v) is 2.01. The van der Waals surface area contributed by atoms with Gasteiger partial charge in [0.15, 0.2) is 5.60 Å². The molecule has 1 N–H and O–H groups in total. The molecule has 0 aliphatic carbocycles. The molecule has 0 unspecified atom stereocenters. The van der Waals surface area contributed by atoms with Gasteiger partial charge < -0.3 is 10.1 Å². The van der Waals surface area contributed by atoms with Gasteiger partial charge in [0.2, 0.25) is 5.78 Å². The molecule has 6 nitrogen and oxygen atoms in total. The first kappa shape index (κ1) is 15.0. The van der Waals surface area contributed by atoms with E-state index in [9.17, 15) is 9.18 Å². The molecule has 1 aromatic carbocycles. The summed E-state index contributed by atoms with van der Waals surface area (Å²) in [6.45, 7) is 3.27. The van der Waals surface area contributed by atoms with E-state index in [-0.39, 0.29) is 11.7 Å². The summed E-state index contributed by atoms with van der Waals surface area (Å²) in [7, 11) is 0. The predicted molar refractivity (Wildman–Crippen MR) is 82.7 cm³/mol. The number of nitrogens with zero attached hydrogens (tertiary/aromatic N) is 3. The Bertz CT molecular complexity index is 843. The van der Waals surface area contributed by atoms with Crippen LogP contribution in [0.15, 0.2) is 49.1 Å². The predicted octanol–water partition coefficient (Wildman–Crippen LogP) is 2.66. The summed E-state index contributed by atoms with van der Waals surface area (Å²) in [4.78, 5) is 20.6. The van der Waals surface area contributed by atoms with Gasteiger partial charge in [-0.15, -0.1) is 0 Å². The number of amides is 1. The number of imidazole rings is 1. The summed E-state index contributed by atoms with van der Waals surface area (Å²) in [6, 6.07) is 5.51. The molecule has 23 heavy (non-hydrogen) atoms. The number of benzene rings is 1. The van der Waals surface area contributed by atoms with E-state index in [1.54, 1.807) is 36.8 Å². The minimum absolute atomic E-state index is 0.344. The molecule has 0 radical (unpaired) electrons. The minimum Gasteiger partial charge on any atom is -0.478 e. The first-order chi connectivity index (χ1) is 10.9. The lowest BCUT2D eigenvalue weighted by Gasteiger charge is -2.25. The van der Waals surface area contributed by atoms with Crippen LogP contribution in [0.3, 0.4) is 0 Å². The zero-order valence-corrected chi connectivity index (χ0v) is 12.7. The van der Waals surface area contributed by atoms with Crippen LogP contribution in [0.1, 0.15) is 13.8 Å². The van der Waals surface area contributed by atoms with Crippen molar-refractivity contribution in [3.63, 3.8) is 0 Å². The molecule has 118 valence electrons. The molecule has 7 heteroatoms. The van der Waals surface area contributed by atoms with Gasteiger partial charge in [-0.05, 0) is 38.1 Å². The number of carbonyl (C=O) groups excluding carboxylic acids is 1. The number of carbonyl (C=O) groups is 1. The molecule has 0 saturated carbocycles. The van der Waals surface area contributed by atoms with E-state index in [2.05, 4.69) is 15.3 Å². The number of halogens is 1. The van der Waals surface area contributed by atoms with Crippen LogP contribution in [0.25, 0.3) is 5.78 Å². The van der Waals surface area contributed by atoms with Crippen LogP contribution in [0.5, 0.6) is 5.75 Å². The number of aromatic nitrogens is 3. The Balaban J connectivity index is 1.73. The van der Waals surface area contributed by atoms with Gasteiger partial charge in [0.1, 0.15) is 11.6 Å². The fourth-order valence-electron chi connectivity index (χ4n) is 2.01. The highest BCUT2D eigenvalue weighted by molar-refractivity contribution is 5.96. The Hall–Kier alpha value is -2.96. The van der Waals surface area contributed by atoms with Gasteiger partial charge >= 0.3 is 0 Å². The van der Waals surface area contributed by atoms with Crippen molar-refractivity contribution >= 4 is 17.4 Å². The number of ether oxygens (including phenoxy) is 1. The van der Waals surface area contributed by atoms with Gasteiger partial charge in [-0.2, -0.15) is 0 Å². The molecule has 0 spiro atoms. The molecule has 2 heterocycles. The Morgan fingerprint density at radius 1 is 1.26 bits per heavy atom. The molecule has 0 fully saturated rings. The van der Waals surface area contributed by atoms with Gasteiger partial charge in [0.05, 0.1) is 11.9 Å².